The second kappa shape index (κ2) is 65.2. The Balaban J connectivity index is 1.29. The van der Waals surface area contributed by atoms with E-state index in [-0.39, 0.29) is 63.1 Å². The fourth-order valence-corrected chi connectivity index (χ4v) is 21.6. The lowest BCUT2D eigenvalue weighted by Crippen LogP contribution is -2.73. The first-order valence-electron chi connectivity index (χ1n) is 48.5. The summed E-state index contributed by atoms with van der Waals surface area (Å²) in [5, 5.41) is 24.9. The zero-order valence-electron chi connectivity index (χ0n) is 79.9. The molecule has 0 bridgehead atoms. The van der Waals surface area contributed by atoms with E-state index in [4.69, 9.17) is 135 Å². The number of esters is 2. The van der Waals surface area contributed by atoms with Crippen molar-refractivity contribution in [2.45, 2.75) is 282 Å². The highest BCUT2D eigenvalue weighted by Gasteiger charge is 2.72. The maximum atomic E-state index is 17.1. The predicted octanol–water partition coefficient (Wildman–Crippen LogP) is 19.8. The van der Waals surface area contributed by atoms with Gasteiger partial charge in [0.1, 0.15) is 74.8 Å². The van der Waals surface area contributed by atoms with Gasteiger partial charge in [0, 0.05) is 47.5 Å². The molecule has 0 saturated carbocycles. The standard InChI is InChI=1S/C101H138Cl6N5O24P3/c1-5-8-11-14-17-20-23-26-47-62-84(113)108-69-88(117)133-93-90(110-86(115)71-112(4)87(116)64-49-28-25-22-19-16-13-10-7-3)95(124-66-68-130-138(80-58-43-33-44-59-80)81-60-45-34-46-61-81)131-82(92(93)123-65-67-129-137(78-54-39-31-40-55-78)79-56-41-32-42-57-79)72-125-96-91(111-97(119)127-74-99(102,103)104)94(134-89(118)70-109-85(114)63-48-27-24-21-18-15-12-9-6-2)101(121,83(132-96)73-126-98(120)128-75-100(105,106)107)139(122,135-76-50-35-29-36-51-76)136-77-52-37-30-38-53-77/h29-46,50-61,82-83,90-96,121H,5-28,47-49,62-75H2,1-4H3,(H,108,113)(H,109,114)(H,110,115)(H,111,119)/t82-,83-,90+,91+,92-,93-,94-,95+,96-,101+/m1/s1. The fourth-order valence-electron chi connectivity index (χ4n) is 15.7. The van der Waals surface area contributed by atoms with Crippen molar-refractivity contribution in [3.8, 4) is 11.5 Å². The number of carbonyl (C=O) groups excluding carboxylic acids is 8. The van der Waals surface area contributed by atoms with E-state index in [1.54, 1.807) is 12.1 Å². The number of para-hydroxylation sites is 2. The van der Waals surface area contributed by atoms with E-state index in [1.165, 1.54) is 79.7 Å². The number of aliphatic hydroxyl groups is 1. The maximum absolute atomic E-state index is 17.1. The molecule has 0 spiro atoms. The smallest absolute Gasteiger partial charge is 0.456 e. The first kappa shape index (κ1) is 117. The number of ether oxygens (including phenoxy) is 10. The highest BCUT2D eigenvalue weighted by atomic mass is 35.6. The van der Waals surface area contributed by atoms with Crippen LogP contribution in [0.25, 0.3) is 0 Å². The number of amides is 5. The summed E-state index contributed by atoms with van der Waals surface area (Å²) in [6.07, 6.45) is 8.75. The molecule has 6 aromatic carbocycles. The Bertz CT molecular complexity index is 4440. The topological polar surface area (TPSA) is 354 Å². The Morgan fingerprint density at radius 2 is 0.806 bits per heavy atom. The van der Waals surface area contributed by atoms with Gasteiger partial charge in [-0.1, -0.05) is 402 Å². The van der Waals surface area contributed by atoms with Crippen LogP contribution in [0, 0.1) is 0 Å². The second-order valence-electron chi connectivity index (χ2n) is 34.1. The molecule has 2 aliphatic rings. The summed E-state index contributed by atoms with van der Waals surface area (Å²) < 4.78 is 103. The third kappa shape index (κ3) is 43.7. The number of carbonyl (C=O) groups is 8. The Morgan fingerprint density at radius 1 is 0.424 bits per heavy atom. The van der Waals surface area contributed by atoms with Gasteiger partial charge in [-0.05, 0) is 43.5 Å². The van der Waals surface area contributed by atoms with Crippen LogP contribution in [0.2, 0.25) is 0 Å². The molecule has 2 saturated heterocycles. The molecule has 139 heavy (non-hydrogen) atoms. The molecule has 10 atom stereocenters. The molecule has 29 nitrogen and oxygen atoms in total. The summed E-state index contributed by atoms with van der Waals surface area (Å²) in [4.78, 5) is 118. The first-order valence-corrected chi connectivity index (χ1v) is 54.8. The molecule has 5 amide bonds. The largest absolute Gasteiger partial charge is 0.508 e. The zero-order valence-corrected chi connectivity index (χ0v) is 87.1. The van der Waals surface area contributed by atoms with E-state index < -0.39 is 180 Å². The van der Waals surface area contributed by atoms with E-state index in [0.29, 0.717) is 25.7 Å². The molecule has 8 rings (SSSR count). The number of nitrogens with one attached hydrogen (secondary N) is 4. The quantitative estimate of drug-likeness (QED) is 0.00778. The van der Waals surface area contributed by atoms with E-state index in [9.17, 15) is 29.1 Å². The number of rotatable bonds is 66. The molecule has 768 valence electrons. The van der Waals surface area contributed by atoms with Crippen molar-refractivity contribution in [3.63, 3.8) is 0 Å². The highest BCUT2D eigenvalue weighted by molar-refractivity contribution is 7.68. The summed E-state index contributed by atoms with van der Waals surface area (Å²) >= 11 is 36.9. The number of hydrogen-bond donors (Lipinski definition) is 5. The van der Waals surface area contributed by atoms with Crippen LogP contribution < -0.4 is 51.5 Å². The molecule has 0 aromatic heterocycles. The molecule has 0 unspecified atom stereocenters. The molecule has 6 aromatic rings. The van der Waals surface area contributed by atoms with Crippen LogP contribution in [0.15, 0.2) is 182 Å². The maximum Gasteiger partial charge on any atom is 0.508 e. The minimum absolute atomic E-state index is 0.0354. The summed E-state index contributed by atoms with van der Waals surface area (Å²) in [5.74, 6) is -5.13. The summed E-state index contributed by atoms with van der Waals surface area (Å²) in [6, 6.07) is 48.3. The number of hydrogen-bond acceptors (Lipinski definition) is 24. The lowest BCUT2D eigenvalue weighted by atomic mass is 9.94. The van der Waals surface area contributed by atoms with Gasteiger partial charge in [0.2, 0.25) is 31.2 Å². The van der Waals surface area contributed by atoms with Crippen molar-refractivity contribution < 1.29 is 113 Å². The molecule has 5 N–H and O–H groups in total. The SMILES string of the molecule is CCCCCCCCCCCC(=O)NCC(=O)O[C@@H]1[C@H](NC(=O)CN(C)C(=O)CCCCCCCCCCC)[C@@H](OCCOP(c2ccccc2)c2ccccc2)O[C@H](CO[C@@H]2O[C@H](COC(=O)OCC(Cl)(Cl)Cl)[C@](O)(P(=O)(Oc3ccccc3)Oc3ccccc3)[C@H](OC(=O)CNC(=O)CCCCCCCCCCC)[C@@H]2NC(=O)OCC(Cl)(Cl)Cl)[C@H]1OCCOP(c1ccccc1)c1ccccc1. The van der Waals surface area contributed by atoms with Crippen LogP contribution in [0.1, 0.15) is 213 Å². The van der Waals surface area contributed by atoms with Gasteiger partial charge in [0.25, 0.3) is 5.34 Å². The van der Waals surface area contributed by atoms with Crippen molar-refractivity contribution in [2.24, 2.45) is 0 Å². The lowest BCUT2D eigenvalue weighted by Gasteiger charge is -2.51. The lowest BCUT2D eigenvalue weighted by molar-refractivity contribution is -0.315. The van der Waals surface area contributed by atoms with Crippen LogP contribution in [0.3, 0.4) is 0 Å². The molecular formula is C101H138Cl6N5O24P3. The van der Waals surface area contributed by atoms with E-state index in [2.05, 4.69) is 42.0 Å². The van der Waals surface area contributed by atoms with E-state index in [1.807, 2.05) is 121 Å². The molecular weight excluding hydrogens is 1970 g/mol. The third-order valence-corrected chi connectivity index (χ3v) is 29.7. The number of halogens is 6. The summed E-state index contributed by atoms with van der Waals surface area (Å²) in [7, 11) is -7.53. The number of likely N-dealkylation sites (N-methyl/N-ethyl adjacent to an activating group) is 1. The Hall–Kier alpha value is -7.21. The van der Waals surface area contributed by atoms with Gasteiger partial charge >= 0.3 is 31.8 Å². The number of alkyl halides is 6. The van der Waals surface area contributed by atoms with Gasteiger partial charge < -0.3 is 96.7 Å². The third-order valence-electron chi connectivity index (χ3n) is 22.8. The van der Waals surface area contributed by atoms with Gasteiger partial charge in [-0.2, -0.15) is 0 Å². The van der Waals surface area contributed by atoms with Crippen molar-refractivity contribution in [2.75, 3.05) is 79.5 Å². The van der Waals surface area contributed by atoms with Crippen LogP contribution in [0.5, 0.6) is 11.5 Å². The highest BCUT2D eigenvalue weighted by Crippen LogP contribution is 2.64. The predicted molar refractivity (Wildman–Crippen MR) is 543 cm³/mol. The number of unbranched alkanes of at least 4 members (excludes halogenated alkanes) is 24. The average molecular weight is 2110 g/mol. The normalized spacial score (nSPS) is 18.8. The molecule has 2 heterocycles. The van der Waals surface area contributed by atoms with Crippen molar-refractivity contribution in [3.05, 3.63) is 182 Å². The van der Waals surface area contributed by atoms with Gasteiger partial charge in [-0.25, -0.2) is 14.2 Å². The average Bonchev–Trinajstić information content (AvgIpc) is 0.714. The molecule has 0 aliphatic carbocycles. The number of benzene rings is 6. The first-order chi connectivity index (χ1) is 67.1. The van der Waals surface area contributed by atoms with Crippen LogP contribution >= 0.6 is 93.5 Å². The Kier molecular flexibility index (Phi) is 54.9. The minimum Gasteiger partial charge on any atom is -0.456 e. The number of alkyl carbamates (subject to hydrolysis) is 1. The van der Waals surface area contributed by atoms with Crippen LogP contribution in [0.4, 0.5) is 9.59 Å². The van der Waals surface area contributed by atoms with Gasteiger partial charge in [-0.3, -0.25) is 28.8 Å². The van der Waals surface area contributed by atoms with Gasteiger partial charge in [-0.15, -0.1) is 0 Å². The molecule has 0 radical (unpaired) electrons. The molecule has 2 aliphatic heterocycles. The molecule has 38 heteroatoms. The Labute approximate surface area is 851 Å². The fraction of sp³-hybridized carbons (Fsp3) is 0.564. The summed E-state index contributed by atoms with van der Waals surface area (Å²) in [5.41, 5.74) is 0. The van der Waals surface area contributed by atoms with Crippen LogP contribution in [-0.2, 0) is 89.7 Å². The molecule has 2 fully saturated rings. The monoisotopic (exact) mass is 2110 g/mol. The summed E-state index contributed by atoms with van der Waals surface area (Å²) in [6.45, 7) is -1.03. The number of nitrogens with zero attached hydrogens (tertiary/aromatic N) is 1. The Morgan fingerprint density at radius 3 is 1.23 bits per heavy atom. The van der Waals surface area contributed by atoms with Gasteiger partial charge in [0.05, 0.1) is 55.9 Å². The minimum atomic E-state index is -5.87. The van der Waals surface area contributed by atoms with Crippen molar-refractivity contribution in [1.29, 1.82) is 0 Å². The van der Waals surface area contributed by atoms with Crippen molar-refractivity contribution >= 4 is 163 Å². The zero-order chi connectivity index (χ0) is 99.9. The van der Waals surface area contributed by atoms with Crippen molar-refractivity contribution in [1.82, 2.24) is 26.2 Å². The van der Waals surface area contributed by atoms with Crippen LogP contribution in [-0.4, -0.2) is 205 Å². The van der Waals surface area contributed by atoms with E-state index in [0.717, 1.165) is 150 Å². The van der Waals surface area contributed by atoms with E-state index >= 15 is 18.9 Å². The second-order valence-corrected chi connectivity index (χ2v) is 45.0. The van der Waals surface area contributed by atoms with Gasteiger partial charge in [0.15, 0.2) is 24.8 Å².